The van der Waals surface area contributed by atoms with Gasteiger partial charge in [-0.1, -0.05) is 18.2 Å². The van der Waals surface area contributed by atoms with E-state index in [9.17, 15) is 23.9 Å². The molecular weight excluding hydrogens is 475 g/mol. The minimum atomic E-state index is -0.894. The van der Waals surface area contributed by atoms with Gasteiger partial charge in [0.1, 0.15) is 5.82 Å². The Kier molecular flexibility index (Phi) is 7.82. The van der Waals surface area contributed by atoms with E-state index in [1.54, 1.807) is 36.8 Å². The van der Waals surface area contributed by atoms with Crippen molar-refractivity contribution in [1.82, 2.24) is 14.7 Å². The molecule has 1 saturated heterocycles. The number of piperidine rings is 1. The second-order valence-corrected chi connectivity index (χ2v) is 10.7. The minimum absolute atomic E-state index is 0.228. The number of halogens is 1. The van der Waals surface area contributed by atoms with Gasteiger partial charge in [0.05, 0.1) is 5.60 Å². The van der Waals surface area contributed by atoms with Crippen LogP contribution in [0.2, 0.25) is 0 Å². The summed E-state index contributed by atoms with van der Waals surface area (Å²) in [5.41, 5.74) is 2.71. The Hall–Kier alpha value is -3.46. The summed E-state index contributed by atoms with van der Waals surface area (Å²) in [5, 5.41) is 12.8. The van der Waals surface area contributed by atoms with Crippen LogP contribution in [0.1, 0.15) is 55.7 Å². The van der Waals surface area contributed by atoms with Gasteiger partial charge in [-0.25, -0.2) is 9.18 Å². The van der Waals surface area contributed by atoms with Gasteiger partial charge in [0, 0.05) is 45.5 Å². The van der Waals surface area contributed by atoms with Crippen LogP contribution in [-0.2, 0) is 22.7 Å². The van der Waals surface area contributed by atoms with Gasteiger partial charge in [-0.15, -0.1) is 0 Å². The number of likely N-dealkylation sites (tertiary alicyclic amines) is 1. The summed E-state index contributed by atoms with van der Waals surface area (Å²) in [4.78, 5) is 42.5. The molecule has 8 nitrogen and oxygen atoms in total. The predicted octanol–water partition coefficient (Wildman–Crippen LogP) is 3.70. The molecule has 9 heteroatoms. The number of rotatable bonds is 5. The van der Waals surface area contributed by atoms with E-state index < -0.39 is 17.4 Å². The molecule has 4 rings (SSSR count). The predicted molar refractivity (Wildman–Crippen MR) is 138 cm³/mol. The van der Waals surface area contributed by atoms with Gasteiger partial charge in [0.25, 0.3) is 0 Å². The number of amides is 4. The number of carbonyl (C=O) groups is 3. The van der Waals surface area contributed by atoms with E-state index in [-0.39, 0.29) is 17.8 Å². The Morgan fingerprint density at radius 2 is 1.68 bits per heavy atom. The molecule has 0 saturated carbocycles. The van der Waals surface area contributed by atoms with Crippen molar-refractivity contribution in [2.24, 2.45) is 0 Å². The fourth-order valence-electron chi connectivity index (χ4n) is 4.81. The molecular formula is C28H35FN4O4. The van der Waals surface area contributed by atoms with Crippen LogP contribution in [-0.4, -0.2) is 69.9 Å². The molecule has 2 aromatic rings. The SMILES string of the molecule is CN(CCC(C)(C)O)C(=O)C(=O)N1CCC(c2ccc(NC(=O)N3Cc4ccc(F)cc4C3)cc2)CC1. The molecule has 0 radical (unpaired) electrons. The fourth-order valence-corrected chi connectivity index (χ4v) is 4.81. The first-order valence-corrected chi connectivity index (χ1v) is 12.7. The van der Waals surface area contributed by atoms with E-state index in [0.717, 1.165) is 29.5 Å². The highest BCUT2D eigenvalue weighted by Crippen LogP contribution is 2.30. The largest absolute Gasteiger partial charge is 0.390 e. The number of hydrogen-bond acceptors (Lipinski definition) is 4. The standard InChI is InChI=1S/C28H35FN4O4/c1-28(2,37)12-15-31(3)25(34)26(35)32-13-10-20(11-14-32)19-5-8-24(9-6-19)30-27(36)33-17-21-4-7-23(29)16-22(21)18-33/h4-9,16,20,37H,10-15,17-18H2,1-3H3,(H,30,36). The molecule has 0 atom stereocenters. The number of benzene rings is 2. The zero-order valence-electron chi connectivity index (χ0n) is 21.7. The molecule has 0 aromatic heterocycles. The highest BCUT2D eigenvalue weighted by Gasteiger charge is 2.30. The number of hydrogen-bond donors (Lipinski definition) is 2. The summed E-state index contributed by atoms with van der Waals surface area (Å²) in [6.07, 6.45) is 1.90. The summed E-state index contributed by atoms with van der Waals surface area (Å²) in [6, 6.07) is 12.1. The lowest BCUT2D eigenvalue weighted by atomic mass is 9.89. The smallest absolute Gasteiger partial charge is 0.322 e. The number of anilines is 1. The first-order valence-electron chi connectivity index (χ1n) is 12.7. The molecule has 2 N–H and O–H groups in total. The van der Waals surface area contributed by atoms with Crippen LogP contribution in [0.25, 0.3) is 0 Å². The third-order valence-electron chi connectivity index (χ3n) is 7.18. The lowest BCUT2D eigenvalue weighted by molar-refractivity contribution is -0.152. The van der Waals surface area contributed by atoms with Gasteiger partial charge < -0.3 is 25.1 Å². The fraction of sp³-hybridized carbons (Fsp3) is 0.464. The van der Waals surface area contributed by atoms with Gasteiger partial charge >= 0.3 is 17.8 Å². The summed E-state index contributed by atoms with van der Waals surface area (Å²) in [7, 11) is 1.58. The van der Waals surface area contributed by atoms with Crippen LogP contribution >= 0.6 is 0 Å². The molecule has 4 amide bonds. The van der Waals surface area contributed by atoms with E-state index in [4.69, 9.17) is 0 Å². The van der Waals surface area contributed by atoms with Gasteiger partial charge in [-0.2, -0.15) is 0 Å². The Bertz CT molecular complexity index is 1150. The number of aliphatic hydroxyl groups is 1. The van der Waals surface area contributed by atoms with Crippen LogP contribution in [0.4, 0.5) is 14.9 Å². The van der Waals surface area contributed by atoms with Crippen molar-refractivity contribution in [2.75, 3.05) is 32.0 Å². The molecule has 0 unspecified atom stereocenters. The minimum Gasteiger partial charge on any atom is -0.390 e. The van der Waals surface area contributed by atoms with E-state index in [2.05, 4.69) is 5.32 Å². The second-order valence-electron chi connectivity index (χ2n) is 10.7. The Labute approximate surface area is 217 Å². The van der Waals surface area contributed by atoms with Crippen LogP contribution in [0, 0.1) is 5.82 Å². The average Bonchev–Trinajstić information content (AvgIpc) is 3.30. The van der Waals surface area contributed by atoms with Crippen molar-refractivity contribution in [3.8, 4) is 0 Å². The van der Waals surface area contributed by atoms with Crippen LogP contribution in [0.5, 0.6) is 0 Å². The quantitative estimate of drug-likeness (QED) is 0.600. The highest BCUT2D eigenvalue weighted by atomic mass is 19.1. The maximum Gasteiger partial charge on any atom is 0.322 e. The number of likely N-dealkylation sites (N-methyl/N-ethyl adjacent to an activating group) is 1. The zero-order valence-corrected chi connectivity index (χ0v) is 21.7. The van der Waals surface area contributed by atoms with E-state index >= 15 is 0 Å². The Balaban J connectivity index is 1.25. The topological polar surface area (TPSA) is 93.2 Å². The number of fused-ring (bicyclic) bond motifs is 1. The van der Waals surface area contributed by atoms with E-state index in [1.807, 2.05) is 24.3 Å². The Morgan fingerprint density at radius 1 is 1.03 bits per heavy atom. The Morgan fingerprint density at radius 3 is 2.32 bits per heavy atom. The maximum absolute atomic E-state index is 13.5. The maximum atomic E-state index is 13.5. The van der Waals surface area contributed by atoms with Crippen LogP contribution in [0.3, 0.4) is 0 Å². The van der Waals surface area contributed by atoms with Crippen molar-refractivity contribution in [1.29, 1.82) is 0 Å². The molecule has 2 aliphatic heterocycles. The van der Waals surface area contributed by atoms with Crippen molar-refractivity contribution in [2.45, 2.75) is 57.7 Å². The lowest BCUT2D eigenvalue weighted by Gasteiger charge is -2.33. The first kappa shape index (κ1) is 26.6. The van der Waals surface area contributed by atoms with Crippen molar-refractivity contribution in [3.63, 3.8) is 0 Å². The van der Waals surface area contributed by atoms with E-state index in [0.29, 0.717) is 44.8 Å². The normalized spacial score (nSPS) is 15.9. The first-order chi connectivity index (χ1) is 17.5. The molecule has 0 bridgehead atoms. The number of nitrogens with one attached hydrogen (secondary N) is 1. The molecule has 37 heavy (non-hydrogen) atoms. The zero-order chi connectivity index (χ0) is 26.7. The molecule has 2 heterocycles. The van der Waals surface area contributed by atoms with Crippen molar-refractivity contribution in [3.05, 3.63) is 65.0 Å². The van der Waals surface area contributed by atoms with Gasteiger partial charge in [0.2, 0.25) is 0 Å². The van der Waals surface area contributed by atoms with Crippen molar-refractivity contribution >= 4 is 23.5 Å². The van der Waals surface area contributed by atoms with Crippen LogP contribution < -0.4 is 5.32 Å². The van der Waals surface area contributed by atoms with Gasteiger partial charge in [-0.3, -0.25) is 9.59 Å². The van der Waals surface area contributed by atoms with Gasteiger partial charge in [0.15, 0.2) is 0 Å². The monoisotopic (exact) mass is 510 g/mol. The van der Waals surface area contributed by atoms with Gasteiger partial charge in [-0.05, 0) is 80.0 Å². The van der Waals surface area contributed by atoms with E-state index in [1.165, 1.54) is 17.0 Å². The summed E-state index contributed by atoms with van der Waals surface area (Å²) in [6.45, 7) is 5.51. The molecule has 2 aliphatic rings. The molecule has 198 valence electrons. The summed E-state index contributed by atoms with van der Waals surface area (Å²) in [5.74, 6) is -1.08. The molecule has 1 fully saturated rings. The molecule has 0 aliphatic carbocycles. The average molecular weight is 511 g/mol. The van der Waals surface area contributed by atoms with Crippen LogP contribution in [0.15, 0.2) is 42.5 Å². The second kappa shape index (κ2) is 10.9. The summed E-state index contributed by atoms with van der Waals surface area (Å²) >= 11 is 0. The molecule has 0 spiro atoms. The highest BCUT2D eigenvalue weighted by molar-refractivity contribution is 6.34. The number of nitrogens with zero attached hydrogens (tertiary/aromatic N) is 3. The third kappa shape index (κ3) is 6.65. The summed E-state index contributed by atoms with van der Waals surface area (Å²) < 4.78 is 13.5. The van der Waals surface area contributed by atoms with Crippen molar-refractivity contribution < 1.29 is 23.9 Å². The molecule has 2 aromatic carbocycles. The number of urea groups is 1. The number of carbonyl (C=O) groups excluding carboxylic acids is 3. The lowest BCUT2D eigenvalue weighted by Crippen LogP contribution is -2.47. The third-order valence-corrected chi connectivity index (χ3v) is 7.18.